The van der Waals surface area contributed by atoms with E-state index in [1.807, 2.05) is 0 Å². The van der Waals surface area contributed by atoms with Gasteiger partial charge in [0, 0.05) is 16.6 Å². The molecular formula is C17H12N2Na2O8S2. The molecule has 0 aromatic heterocycles. The Labute approximate surface area is 221 Å². The molecule has 3 rings (SSSR count). The minimum absolute atomic E-state index is 0. The van der Waals surface area contributed by atoms with Crippen LogP contribution in [-0.2, 0) is 20.2 Å². The Bertz CT molecular complexity index is 1350. The second kappa shape index (κ2) is 10.2. The van der Waals surface area contributed by atoms with E-state index in [9.17, 15) is 35.8 Å². The predicted octanol–water partition coefficient (Wildman–Crippen LogP) is -4.80. The van der Waals surface area contributed by atoms with Crippen LogP contribution in [0.4, 0.5) is 11.4 Å². The Morgan fingerprint density at radius 1 is 0.871 bits per heavy atom. The average Bonchev–Trinajstić information content (AvgIpc) is 2.60. The molecule has 0 spiro atoms. The summed E-state index contributed by atoms with van der Waals surface area (Å²) in [5.74, 6) is -1.42. The van der Waals surface area contributed by atoms with Crippen molar-refractivity contribution in [1.29, 1.82) is 0 Å². The Kier molecular flexibility index (Phi) is 9.13. The molecule has 0 saturated carbocycles. The maximum Gasteiger partial charge on any atom is 1.00 e. The van der Waals surface area contributed by atoms with Crippen LogP contribution in [0, 0.1) is 0 Å². The average molecular weight is 482 g/mol. The molecule has 0 bridgehead atoms. The predicted molar refractivity (Wildman–Crippen MR) is 100 cm³/mol. The number of carbonyl (C=O) groups is 1. The fourth-order valence-electron chi connectivity index (χ4n) is 2.65. The largest absolute Gasteiger partial charge is 1.00 e. The molecule has 0 aliphatic heterocycles. The Balaban J connectivity index is 0.00000240. The molecule has 4 N–H and O–H groups in total. The van der Waals surface area contributed by atoms with Gasteiger partial charge in [0.25, 0.3) is 5.91 Å². The van der Waals surface area contributed by atoms with Crippen LogP contribution >= 0.6 is 0 Å². The van der Waals surface area contributed by atoms with Crippen molar-refractivity contribution in [2.24, 2.45) is 0 Å². The van der Waals surface area contributed by atoms with Crippen LogP contribution in [-0.4, -0.2) is 37.0 Å². The first kappa shape index (κ1) is 27.8. The van der Waals surface area contributed by atoms with Gasteiger partial charge in [-0.25, -0.2) is 16.8 Å². The van der Waals surface area contributed by atoms with Crippen molar-refractivity contribution in [1.82, 2.24) is 0 Å². The molecule has 1 amide bonds. The number of benzene rings is 3. The summed E-state index contributed by atoms with van der Waals surface area (Å²) >= 11 is 0. The van der Waals surface area contributed by atoms with Crippen LogP contribution in [0.5, 0.6) is 5.75 Å². The summed E-state index contributed by atoms with van der Waals surface area (Å²) in [5, 5.41) is 12.2. The summed E-state index contributed by atoms with van der Waals surface area (Å²) in [6.07, 6.45) is 0. The monoisotopic (exact) mass is 482 g/mol. The number of amides is 1. The summed E-state index contributed by atoms with van der Waals surface area (Å²) < 4.78 is 68.2. The van der Waals surface area contributed by atoms with E-state index < -0.39 is 41.7 Å². The van der Waals surface area contributed by atoms with E-state index in [0.717, 1.165) is 18.2 Å². The van der Waals surface area contributed by atoms with E-state index in [1.54, 1.807) is 0 Å². The van der Waals surface area contributed by atoms with E-state index in [2.05, 4.69) is 5.32 Å². The number of rotatable bonds is 4. The summed E-state index contributed by atoms with van der Waals surface area (Å²) in [4.78, 5) is 10.8. The molecule has 0 radical (unpaired) electrons. The number of carbonyl (C=O) groups excluding carboxylic acids is 1. The van der Waals surface area contributed by atoms with Crippen LogP contribution in [0.1, 0.15) is 10.4 Å². The summed E-state index contributed by atoms with van der Waals surface area (Å²) in [6, 6.07) is 8.77. The van der Waals surface area contributed by atoms with Crippen molar-refractivity contribution < 1.29 is 95.0 Å². The first-order valence-electron chi connectivity index (χ1n) is 7.76. The third-order valence-corrected chi connectivity index (χ3v) is 5.60. The van der Waals surface area contributed by atoms with E-state index >= 15 is 0 Å². The molecule has 0 heterocycles. The van der Waals surface area contributed by atoms with Crippen LogP contribution in [0.3, 0.4) is 0 Å². The Hall–Kier alpha value is -1.19. The first-order valence-corrected chi connectivity index (χ1v) is 10.6. The van der Waals surface area contributed by atoms with E-state index in [0.29, 0.717) is 11.8 Å². The number of hydrogen-bond acceptors (Lipinski definition) is 9. The summed E-state index contributed by atoms with van der Waals surface area (Å²) in [6.45, 7) is 0. The number of anilines is 2. The molecule has 14 heteroatoms. The normalized spacial score (nSPS) is 11.3. The molecule has 0 aliphatic rings. The van der Waals surface area contributed by atoms with Gasteiger partial charge in [-0.15, -0.1) is 0 Å². The topological polar surface area (TPSA) is 190 Å². The number of nitrogens with one attached hydrogen (secondary N) is 1. The van der Waals surface area contributed by atoms with Gasteiger partial charge in [0.05, 0.1) is 15.5 Å². The quantitative estimate of drug-likeness (QED) is 0.186. The molecule has 10 nitrogen and oxygen atoms in total. The van der Waals surface area contributed by atoms with Gasteiger partial charge in [-0.1, -0.05) is 0 Å². The van der Waals surface area contributed by atoms with E-state index in [1.165, 1.54) is 24.3 Å². The van der Waals surface area contributed by atoms with Gasteiger partial charge in [0.1, 0.15) is 26.0 Å². The smallest absolute Gasteiger partial charge is 0.744 e. The molecule has 0 atom stereocenters. The minimum atomic E-state index is -5.01. The Morgan fingerprint density at radius 3 is 1.84 bits per heavy atom. The molecule has 0 aliphatic carbocycles. The maximum atomic E-state index is 12.5. The van der Waals surface area contributed by atoms with Crippen molar-refractivity contribution >= 4 is 48.3 Å². The van der Waals surface area contributed by atoms with Gasteiger partial charge in [-0.05, 0) is 53.9 Å². The number of phenolic OH excluding ortho intramolecular Hbond substituents is 1. The van der Waals surface area contributed by atoms with Gasteiger partial charge < -0.3 is 25.3 Å². The SMILES string of the molecule is Nc1ccc(C(=O)Nc2cc(S(=O)(=O)[O-])cc3cc(S(=O)(=O)[O-])cc(O)c23)cc1.[Na+].[Na+]. The van der Waals surface area contributed by atoms with Gasteiger partial charge in [-0.3, -0.25) is 4.79 Å². The molecule has 0 fully saturated rings. The van der Waals surface area contributed by atoms with Crippen molar-refractivity contribution in [2.45, 2.75) is 9.79 Å². The minimum Gasteiger partial charge on any atom is -0.744 e. The van der Waals surface area contributed by atoms with Crippen LogP contribution < -0.4 is 70.2 Å². The van der Waals surface area contributed by atoms with Gasteiger partial charge in [-0.2, -0.15) is 0 Å². The number of phenols is 1. The number of fused-ring (bicyclic) bond motifs is 1. The molecule has 152 valence electrons. The zero-order valence-corrected chi connectivity index (χ0v) is 22.0. The van der Waals surface area contributed by atoms with Crippen molar-refractivity contribution in [2.75, 3.05) is 11.1 Å². The zero-order valence-electron chi connectivity index (χ0n) is 16.3. The third-order valence-electron chi connectivity index (χ3n) is 3.97. The first-order chi connectivity index (χ1) is 13.4. The second-order valence-electron chi connectivity index (χ2n) is 6.00. The van der Waals surface area contributed by atoms with E-state index in [-0.39, 0.29) is 81.1 Å². The molecule has 3 aromatic rings. The molecule has 31 heavy (non-hydrogen) atoms. The third kappa shape index (κ3) is 6.42. The summed E-state index contributed by atoms with van der Waals surface area (Å²) in [5.41, 5.74) is 5.82. The number of nitrogens with two attached hydrogens (primary N) is 1. The van der Waals surface area contributed by atoms with Crippen LogP contribution in [0.15, 0.2) is 58.3 Å². The fourth-order valence-corrected chi connectivity index (χ4v) is 3.72. The van der Waals surface area contributed by atoms with Crippen molar-refractivity contribution in [3.05, 3.63) is 54.1 Å². The standard InChI is InChI=1S/C17H14N2O8S2.2Na/c18-11-3-1-9(2-4-11)17(21)19-14-7-12(28(22,23)24)5-10-6-13(29(25,26)27)8-15(20)16(10)14;;/h1-8,20H,18H2,(H,19,21)(H,22,23,24)(H,25,26,27);;/q;2*+1/p-2. The number of aromatic hydroxyl groups is 1. The van der Waals surface area contributed by atoms with Crippen LogP contribution in [0.2, 0.25) is 0 Å². The fraction of sp³-hybridized carbons (Fsp3) is 0. The molecule has 0 unspecified atom stereocenters. The maximum absolute atomic E-state index is 12.5. The molecule has 0 saturated heterocycles. The van der Waals surface area contributed by atoms with Gasteiger partial charge in [0.15, 0.2) is 0 Å². The van der Waals surface area contributed by atoms with Crippen molar-refractivity contribution in [3.63, 3.8) is 0 Å². The van der Waals surface area contributed by atoms with Gasteiger partial charge in [0.2, 0.25) is 0 Å². The van der Waals surface area contributed by atoms with Crippen LogP contribution in [0.25, 0.3) is 10.8 Å². The number of hydrogen-bond donors (Lipinski definition) is 3. The van der Waals surface area contributed by atoms with E-state index in [4.69, 9.17) is 5.73 Å². The number of nitrogen functional groups attached to an aromatic ring is 1. The van der Waals surface area contributed by atoms with Gasteiger partial charge >= 0.3 is 59.1 Å². The molecule has 3 aromatic carbocycles. The second-order valence-corrected chi connectivity index (χ2v) is 8.76. The zero-order chi connectivity index (χ0) is 21.6. The molecular weight excluding hydrogens is 470 g/mol. The van der Waals surface area contributed by atoms with Crippen molar-refractivity contribution in [3.8, 4) is 5.75 Å². The Morgan fingerprint density at radius 2 is 1.35 bits per heavy atom. The summed E-state index contributed by atoms with van der Waals surface area (Å²) in [7, 11) is -10.00.